The van der Waals surface area contributed by atoms with E-state index >= 15 is 4.79 Å². The van der Waals surface area contributed by atoms with Crippen LogP contribution in [-0.4, -0.2) is 138 Å². The largest absolute Gasteiger partial charge is 0.611 e. The van der Waals surface area contributed by atoms with Crippen LogP contribution in [0.25, 0.3) is 10.9 Å². The number of hydrogen-bond donors (Lipinski definition) is 3. The summed E-state index contributed by atoms with van der Waals surface area (Å²) in [5.41, 5.74) is 0.0993. The Morgan fingerprint density at radius 1 is 1.03 bits per heavy atom. The smallest absolute Gasteiger partial charge is 0.344 e. The van der Waals surface area contributed by atoms with E-state index in [1.54, 1.807) is 7.11 Å². The molecule has 6 heterocycles. The number of nitrogens with zero attached hydrogens (tertiary/aromatic N) is 3. The number of ether oxygens (including phenoxy) is 4. The van der Waals surface area contributed by atoms with Crippen LogP contribution in [0.4, 0.5) is 5.69 Å². The molecular formula is C48H60N4O10S. The predicted octanol–water partition coefficient (Wildman–Crippen LogP) is 4.24. The van der Waals surface area contributed by atoms with Gasteiger partial charge < -0.3 is 43.6 Å². The quantitative estimate of drug-likeness (QED) is 0.108. The first-order valence-corrected chi connectivity index (χ1v) is 23.6. The minimum absolute atomic E-state index is 0.0529. The lowest BCUT2D eigenvalue weighted by Crippen LogP contribution is -2.81. The molecule has 2 unspecified atom stereocenters. The van der Waals surface area contributed by atoms with E-state index in [2.05, 4.69) is 33.8 Å². The molecule has 2 bridgehead atoms. The number of anilines is 1. The highest BCUT2D eigenvalue weighted by Crippen LogP contribution is 2.68. The number of rotatable bonds is 11. The molecule has 0 amide bonds. The van der Waals surface area contributed by atoms with Crippen molar-refractivity contribution < 1.29 is 48.1 Å². The zero-order valence-electron chi connectivity index (χ0n) is 37.3. The first-order chi connectivity index (χ1) is 30.2. The third-order valence-electron chi connectivity index (χ3n) is 15.6. The van der Waals surface area contributed by atoms with Crippen molar-refractivity contribution in [3.63, 3.8) is 0 Å². The molecule has 63 heavy (non-hydrogen) atoms. The van der Waals surface area contributed by atoms with Crippen LogP contribution < -0.4 is 9.64 Å². The number of hydrogen-bond acceptors (Lipinski definition) is 13. The van der Waals surface area contributed by atoms with E-state index in [1.807, 2.05) is 55.3 Å². The van der Waals surface area contributed by atoms with E-state index in [4.69, 9.17) is 18.9 Å². The highest BCUT2D eigenvalue weighted by Gasteiger charge is 2.80. The molecule has 338 valence electrons. The summed E-state index contributed by atoms with van der Waals surface area (Å²) in [6, 6.07) is 8.48. The van der Waals surface area contributed by atoms with Gasteiger partial charge in [0.2, 0.25) is 5.60 Å². The molecule has 2 aromatic carbocycles. The van der Waals surface area contributed by atoms with Gasteiger partial charge in [-0.15, -0.1) is 0 Å². The Morgan fingerprint density at radius 3 is 2.49 bits per heavy atom. The Labute approximate surface area is 371 Å². The normalized spacial score (nSPS) is 33.3. The van der Waals surface area contributed by atoms with E-state index in [0.717, 1.165) is 40.7 Å². The zero-order valence-corrected chi connectivity index (χ0v) is 38.1. The monoisotopic (exact) mass is 884 g/mol. The van der Waals surface area contributed by atoms with Gasteiger partial charge in [-0.1, -0.05) is 37.6 Å². The average Bonchev–Trinajstić information content (AvgIpc) is 3.93. The molecule has 5 aliphatic heterocycles. The van der Waals surface area contributed by atoms with Crippen LogP contribution in [0.15, 0.2) is 59.0 Å². The van der Waals surface area contributed by atoms with Gasteiger partial charge in [-0.05, 0) is 78.6 Å². The summed E-state index contributed by atoms with van der Waals surface area (Å²) in [5, 5.41) is 23.7. The van der Waals surface area contributed by atoms with Crippen LogP contribution in [0.1, 0.15) is 75.3 Å². The summed E-state index contributed by atoms with van der Waals surface area (Å²) in [6.07, 6.45) is 7.73. The van der Waals surface area contributed by atoms with Crippen molar-refractivity contribution in [1.29, 1.82) is 0 Å². The number of methoxy groups -OCH3 is 3. The number of fused-ring (bicyclic) bond motifs is 6. The summed E-state index contributed by atoms with van der Waals surface area (Å²) < 4.78 is 37.5. The summed E-state index contributed by atoms with van der Waals surface area (Å²) in [4.78, 5) is 54.0. The zero-order chi connectivity index (χ0) is 44.8. The molecule has 1 saturated carbocycles. The molecule has 3 aromatic rings. The maximum Gasteiger partial charge on any atom is 0.344 e. The van der Waals surface area contributed by atoms with E-state index in [1.165, 1.54) is 26.7 Å². The lowest BCUT2D eigenvalue weighted by Gasteiger charge is -2.63. The Balaban J connectivity index is 1.35. The third-order valence-corrected chi connectivity index (χ3v) is 17.0. The number of nitrogens with one attached hydrogen (secondary N) is 1. The minimum Gasteiger partial charge on any atom is -0.611 e. The van der Waals surface area contributed by atoms with Crippen molar-refractivity contribution in [1.82, 2.24) is 14.8 Å². The molecule has 1 aliphatic carbocycles. The van der Waals surface area contributed by atoms with Crippen LogP contribution in [0.3, 0.4) is 0 Å². The summed E-state index contributed by atoms with van der Waals surface area (Å²) in [7, 11) is 6.11. The maximum absolute atomic E-state index is 15.4. The molecule has 2 fully saturated rings. The first kappa shape index (κ1) is 43.9. The second kappa shape index (κ2) is 15.9. The van der Waals surface area contributed by atoms with Crippen LogP contribution >= 0.6 is 0 Å². The number of likely N-dealkylation sites (N-methyl/N-ethyl adjacent to an activating group) is 1. The van der Waals surface area contributed by atoms with E-state index in [0.29, 0.717) is 79.5 Å². The van der Waals surface area contributed by atoms with E-state index < -0.39 is 63.1 Å². The summed E-state index contributed by atoms with van der Waals surface area (Å²) >= 11 is -1.35. The van der Waals surface area contributed by atoms with Gasteiger partial charge in [0, 0.05) is 110 Å². The van der Waals surface area contributed by atoms with Gasteiger partial charge in [0.05, 0.1) is 27.4 Å². The lowest BCUT2D eigenvalue weighted by atomic mass is 9.47. The molecule has 1 spiro atoms. The highest BCUT2D eigenvalue weighted by atomic mass is 32.2. The summed E-state index contributed by atoms with van der Waals surface area (Å²) in [5.74, 6) is -1.27. The fourth-order valence-corrected chi connectivity index (χ4v) is 14.4. The second-order valence-electron chi connectivity index (χ2n) is 18.5. The van der Waals surface area contributed by atoms with Crippen molar-refractivity contribution in [3.05, 3.63) is 76.5 Å². The number of carbonyl (C=O) groups is 3. The van der Waals surface area contributed by atoms with E-state index in [-0.39, 0.29) is 18.6 Å². The van der Waals surface area contributed by atoms with Gasteiger partial charge >= 0.3 is 17.9 Å². The molecule has 1 saturated heterocycles. The first-order valence-electron chi connectivity index (χ1n) is 22.2. The minimum atomic E-state index is -2.32. The molecule has 0 radical (unpaired) electrons. The Bertz CT molecular complexity index is 2420. The van der Waals surface area contributed by atoms with Gasteiger partial charge in [0.1, 0.15) is 16.9 Å². The number of benzene rings is 2. The molecule has 15 heteroatoms. The molecule has 1 aromatic heterocycles. The lowest BCUT2D eigenvalue weighted by molar-refractivity contribution is -0.228. The average molecular weight is 885 g/mol. The van der Waals surface area contributed by atoms with Gasteiger partial charge in [-0.25, -0.2) is 4.79 Å². The van der Waals surface area contributed by atoms with Crippen LogP contribution in [-0.2, 0) is 57.1 Å². The number of carbonyl (C=O) groups excluding carboxylic acids is 3. The van der Waals surface area contributed by atoms with Crippen molar-refractivity contribution in [2.24, 2.45) is 11.3 Å². The number of aliphatic hydroxyl groups excluding tert-OH is 1. The van der Waals surface area contributed by atoms with Crippen LogP contribution in [0, 0.1) is 11.3 Å². The van der Waals surface area contributed by atoms with E-state index in [9.17, 15) is 24.4 Å². The summed E-state index contributed by atoms with van der Waals surface area (Å²) in [6.45, 7) is 8.68. The topological polar surface area (TPSA) is 177 Å². The Hall–Kier alpha value is -4.38. The SMILES string of the molecule is CCC1=C[C@H]2CN(C1)Cc1c([nH]c3ccc([S+]([O-])CCCO)cc13)[C@@](C(=O)OC)(c1cc3c(cc1OC)N(C)[C@H]1[C@@](O)(C(=O)OC)[C@H](OC(C)=O)[C@]4(CC)C=CCN5CC[C@]31[C@@H]54)C2. The van der Waals surface area contributed by atoms with Gasteiger partial charge in [-0.2, -0.15) is 0 Å². The molecule has 14 nitrogen and oxygen atoms in total. The highest BCUT2D eigenvalue weighted by molar-refractivity contribution is 7.91. The maximum atomic E-state index is 15.4. The second-order valence-corrected chi connectivity index (χ2v) is 20.0. The molecule has 10 atom stereocenters. The Morgan fingerprint density at radius 2 is 1.81 bits per heavy atom. The standard InChI is InChI=1S/C48H60N4O10S/c1-8-29-20-30-24-47(43(55)60-6,39-33(27-51(25-29)26-30)32-21-31(12-13-36(32)49-39)63(58)19-11-18-53)35-22-34-37(23-38(35)59-5)50(4)41-46(34)15-17-52-16-10-14-45(9-2,40(46)52)42(62-28(3)54)48(41,57)44(56)61-7/h10,12-14,20-23,30,40-42,49,53,57H,8-9,11,15-19,24-27H2,1-7H3/t30-,40+,41-,42-,45-,46-,47+,48+,63?/m1/s1. The van der Waals surface area contributed by atoms with Gasteiger partial charge in [0.25, 0.3) is 0 Å². The van der Waals surface area contributed by atoms with Gasteiger partial charge in [-0.3, -0.25) is 19.4 Å². The number of aliphatic hydroxyl groups is 2. The van der Waals surface area contributed by atoms with Crippen LogP contribution in [0.5, 0.6) is 5.75 Å². The fraction of sp³-hybridized carbons (Fsp3) is 0.562. The number of aromatic amines is 1. The molecule has 3 N–H and O–H groups in total. The van der Waals surface area contributed by atoms with Crippen molar-refractivity contribution in [2.45, 2.75) is 98.9 Å². The van der Waals surface area contributed by atoms with Crippen molar-refractivity contribution >= 4 is 45.7 Å². The molecule has 6 aliphatic rings. The number of esters is 3. The fourth-order valence-electron chi connectivity index (χ4n) is 13.3. The molecular weight excluding hydrogens is 825 g/mol. The third kappa shape index (κ3) is 6.05. The van der Waals surface area contributed by atoms with Crippen molar-refractivity contribution in [2.75, 3.05) is 71.8 Å². The van der Waals surface area contributed by atoms with Crippen molar-refractivity contribution in [3.8, 4) is 5.75 Å². The predicted molar refractivity (Wildman–Crippen MR) is 237 cm³/mol. The van der Waals surface area contributed by atoms with Gasteiger partial charge in [0.15, 0.2) is 11.0 Å². The number of H-pyrrole nitrogens is 1. The molecule has 9 rings (SSSR count). The Kier molecular flexibility index (Phi) is 11.1. The number of aromatic nitrogens is 1. The van der Waals surface area contributed by atoms with Crippen LogP contribution in [0.2, 0.25) is 0 Å².